The van der Waals surface area contributed by atoms with Gasteiger partial charge in [-0.2, -0.15) is 0 Å². The third-order valence-corrected chi connectivity index (χ3v) is 3.75. The molecule has 2 rings (SSSR count). The Balaban J connectivity index is 1.51. The van der Waals surface area contributed by atoms with E-state index in [1.807, 2.05) is 13.8 Å². The molecule has 0 radical (unpaired) electrons. The second-order valence-corrected chi connectivity index (χ2v) is 6.02. The van der Waals surface area contributed by atoms with E-state index < -0.39 is 0 Å². The number of rotatable bonds is 8. The molecule has 2 saturated heterocycles. The number of hydrogen-bond acceptors (Lipinski definition) is 5. The third-order valence-electron chi connectivity index (χ3n) is 3.75. The highest BCUT2D eigenvalue weighted by molar-refractivity contribution is 4.59. The summed E-state index contributed by atoms with van der Waals surface area (Å²) in [5.74, 6) is 0. The molecule has 0 saturated carbocycles. The molecule has 0 spiro atoms. The van der Waals surface area contributed by atoms with Crippen molar-refractivity contribution in [2.24, 2.45) is 0 Å². The number of ether oxygens (including phenoxy) is 5. The Hall–Kier alpha value is -0.200. The van der Waals surface area contributed by atoms with Gasteiger partial charge in [0.05, 0.1) is 25.4 Å². The zero-order chi connectivity index (χ0) is 14.9. The summed E-state index contributed by atoms with van der Waals surface area (Å²) in [4.78, 5) is 0. The molecule has 0 bridgehead atoms. The highest BCUT2D eigenvalue weighted by Crippen LogP contribution is 2.17. The fraction of sp³-hybridized carbons (Fsp3) is 1.00. The minimum Gasteiger partial charge on any atom is -0.376 e. The second-order valence-electron chi connectivity index (χ2n) is 6.02. The van der Waals surface area contributed by atoms with Gasteiger partial charge in [0.1, 0.15) is 0 Å². The van der Waals surface area contributed by atoms with Crippen LogP contribution in [-0.2, 0) is 23.7 Å². The first-order chi connectivity index (χ1) is 10.2. The van der Waals surface area contributed by atoms with Crippen molar-refractivity contribution in [1.82, 2.24) is 0 Å². The van der Waals surface area contributed by atoms with Crippen molar-refractivity contribution < 1.29 is 23.7 Å². The van der Waals surface area contributed by atoms with E-state index >= 15 is 0 Å². The van der Waals surface area contributed by atoms with Crippen LogP contribution in [-0.4, -0.2) is 51.2 Å². The molecule has 2 aliphatic rings. The molecule has 0 N–H and O–H groups in total. The molecule has 0 aromatic rings. The van der Waals surface area contributed by atoms with Crippen LogP contribution in [0.3, 0.4) is 0 Å². The van der Waals surface area contributed by atoms with Crippen molar-refractivity contribution in [3.05, 3.63) is 0 Å². The molecule has 0 aliphatic carbocycles. The molecule has 2 aliphatic heterocycles. The molecule has 0 aromatic heterocycles. The minimum absolute atomic E-state index is 0.0474. The number of hydrogen-bond donors (Lipinski definition) is 0. The molecule has 21 heavy (non-hydrogen) atoms. The third kappa shape index (κ3) is 7.06. The summed E-state index contributed by atoms with van der Waals surface area (Å²) in [7, 11) is 0. The van der Waals surface area contributed by atoms with Gasteiger partial charge in [-0.3, -0.25) is 0 Å². The molecule has 4 unspecified atom stereocenters. The van der Waals surface area contributed by atoms with Crippen molar-refractivity contribution >= 4 is 0 Å². The van der Waals surface area contributed by atoms with E-state index in [0.717, 1.165) is 38.9 Å². The fourth-order valence-corrected chi connectivity index (χ4v) is 2.63. The smallest absolute Gasteiger partial charge is 0.158 e. The largest absolute Gasteiger partial charge is 0.376 e. The van der Waals surface area contributed by atoms with Gasteiger partial charge in [-0.05, 0) is 52.4 Å². The summed E-state index contributed by atoms with van der Waals surface area (Å²) >= 11 is 0. The highest BCUT2D eigenvalue weighted by Gasteiger charge is 2.19. The van der Waals surface area contributed by atoms with Crippen molar-refractivity contribution in [3.63, 3.8) is 0 Å². The molecule has 2 fully saturated rings. The minimum atomic E-state index is -0.0540. The maximum atomic E-state index is 5.81. The van der Waals surface area contributed by atoms with Crippen LogP contribution in [0.15, 0.2) is 0 Å². The summed E-state index contributed by atoms with van der Waals surface area (Å²) in [6.07, 6.45) is 6.62. The van der Waals surface area contributed by atoms with Crippen LogP contribution in [0.1, 0.15) is 52.4 Å². The van der Waals surface area contributed by atoms with Crippen LogP contribution in [0.25, 0.3) is 0 Å². The normalized spacial score (nSPS) is 30.0. The topological polar surface area (TPSA) is 46.2 Å². The summed E-state index contributed by atoms with van der Waals surface area (Å²) in [6, 6.07) is 0. The van der Waals surface area contributed by atoms with Gasteiger partial charge in [0, 0.05) is 13.2 Å². The van der Waals surface area contributed by atoms with E-state index in [1.165, 1.54) is 12.8 Å². The van der Waals surface area contributed by atoms with E-state index in [4.69, 9.17) is 23.7 Å². The molecule has 5 heteroatoms. The maximum Gasteiger partial charge on any atom is 0.158 e. The van der Waals surface area contributed by atoms with Gasteiger partial charge in [-0.1, -0.05) is 0 Å². The zero-order valence-corrected chi connectivity index (χ0v) is 13.4. The lowest BCUT2D eigenvalue weighted by Gasteiger charge is -2.27. The fourth-order valence-electron chi connectivity index (χ4n) is 2.63. The Morgan fingerprint density at radius 3 is 1.67 bits per heavy atom. The van der Waals surface area contributed by atoms with Gasteiger partial charge in [0.2, 0.25) is 0 Å². The average Bonchev–Trinajstić information content (AvgIpc) is 2.49. The molecule has 4 atom stereocenters. The first-order valence-corrected chi connectivity index (χ1v) is 8.36. The maximum absolute atomic E-state index is 5.81. The van der Waals surface area contributed by atoms with E-state index in [9.17, 15) is 0 Å². The van der Waals surface area contributed by atoms with Crippen LogP contribution in [0.2, 0.25) is 0 Å². The van der Waals surface area contributed by atoms with Gasteiger partial charge < -0.3 is 23.7 Å². The molecular weight excluding hydrogens is 272 g/mol. The molecule has 0 aromatic carbocycles. The lowest BCUT2D eigenvalue weighted by atomic mass is 10.2. The van der Waals surface area contributed by atoms with Crippen molar-refractivity contribution in [2.75, 3.05) is 26.4 Å². The van der Waals surface area contributed by atoms with Gasteiger partial charge in [0.15, 0.2) is 12.6 Å². The van der Waals surface area contributed by atoms with Crippen molar-refractivity contribution in [1.29, 1.82) is 0 Å². The Morgan fingerprint density at radius 1 is 0.810 bits per heavy atom. The van der Waals surface area contributed by atoms with Crippen LogP contribution in [0.4, 0.5) is 0 Å². The van der Waals surface area contributed by atoms with Crippen LogP contribution in [0, 0.1) is 0 Å². The highest BCUT2D eigenvalue weighted by atomic mass is 16.7. The quantitative estimate of drug-likeness (QED) is 0.690. The van der Waals surface area contributed by atoms with E-state index in [1.54, 1.807) is 0 Å². The Kier molecular flexibility index (Phi) is 7.96. The van der Waals surface area contributed by atoms with Crippen LogP contribution < -0.4 is 0 Å². The standard InChI is InChI=1S/C16H30O5/c1-13(20-15-7-3-5-9-18-15)11-17-12-14(2)21-16-8-4-6-10-19-16/h13-16H,3-12H2,1-2H3. The monoisotopic (exact) mass is 302 g/mol. The Bertz CT molecular complexity index is 235. The van der Waals surface area contributed by atoms with Gasteiger partial charge in [-0.25, -0.2) is 0 Å². The summed E-state index contributed by atoms with van der Waals surface area (Å²) in [6.45, 7) is 6.80. The van der Waals surface area contributed by atoms with Gasteiger partial charge >= 0.3 is 0 Å². The van der Waals surface area contributed by atoms with E-state index in [2.05, 4.69) is 0 Å². The summed E-state index contributed by atoms with van der Waals surface area (Å²) in [5.41, 5.74) is 0. The molecule has 0 amide bonds. The average molecular weight is 302 g/mol. The second kappa shape index (κ2) is 9.74. The molecular formula is C16H30O5. The van der Waals surface area contributed by atoms with Crippen molar-refractivity contribution in [2.45, 2.75) is 77.2 Å². The lowest BCUT2D eigenvalue weighted by Crippen LogP contribution is -2.31. The molecule has 5 nitrogen and oxygen atoms in total. The van der Waals surface area contributed by atoms with Gasteiger partial charge in [-0.15, -0.1) is 0 Å². The summed E-state index contributed by atoms with van der Waals surface area (Å²) < 4.78 is 28.4. The SMILES string of the molecule is CC(COCC(C)OC1CCCCO1)OC1CCCCO1. The van der Waals surface area contributed by atoms with Crippen molar-refractivity contribution in [3.8, 4) is 0 Å². The lowest BCUT2D eigenvalue weighted by molar-refractivity contribution is -0.207. The Morgan fingerprint density at radius 2 is 1.29 bits per heavy atom. The van der Waals surface area contributed by atoms with Gasteiger partial charge in [0.25, 0.3) is 0 Å². The van der Waals surface area contributed by atoms with E-state index in [-0.39, 0.29) is 24.8 Å². The molecule has 2 heterocycles. The summed E-state index contributed by atoms with van der Waals surface area (Å²) in [5, 5.41) is 0. The first kappa shape index (κ1) is 17.2. The Labute approximate surface area is 128 Å². The predicted octanol–water partition coefficient (Wildman–Crippen LogP) is 2.87. The first-order valence-electron chi connectivity index (χ1n) is 8.36. The van der Waals surface area contributed by atoms with Crippen LogP contribution >= 0.6 is 0 Å². The molecule has 124 valence electrons. The zero-order valence-electron chi connectivity index (χ0n) is 13.4. The van der Waals surface area contributed by atoms with E-state index in [0.29, 0.717) is 13.2 Å². The van der Waals surface area contributed by atoms with Crippen LogP contribution in [0.5, 0.6) is 0 Å². The predicted molar refractivity (Wildman–Crippen MR) is 79.1 cm³/mol.